The van der Waals surface area contributed by atoms with Gasteiger partial charge in [0.15, 0.2) is 0 Å². The molecule has 0 bridgehead atoms. The molecule has 232 valence electrons. The Morgan fingerprint density at radius 2 is 1.84 bits per heavy atom. The molecule has 2 aromatic heterocycles. The molecule has 1 spiro atoms. The van der Waals surface area contributed by atoms with Crippen LogP contribution in [0.2, 0.25) is 5.02 Å². The summed E-state index contributed by atoms with van der Waals surface area (Å²) >= 11 is 6.16. The van der Waals surface area contributed by atoms with Gasteiger partial charge in [0, 0.05) is 42.9 Å². The van der Waals surface area contributed by atoms with E-state index in [-0.39, 0.29) is 40.7 Å². The number of halogens is 2. The van der Waals surface area contributed by atoms with Crippen molar-refractivity contribution in [1.29, 1.82) is 0 Å². The minimum absolute atomic E-state index is 0.0264. The van der Waals surface area contributed by atoms with Crippen LogP contribution in [0.4, 0.5) is 10.1 Å². The average molecular weight is 651 g/mol. The second kappa shape index (κ2) is 11.5. The molecule has 1 atom stereocenters. The molecule has 2 aliphatic rings. The monoisotopic (exact) mass is 650 g/mol. The molecule has 2 aliphatic carbocycles. The SMILES string of the molecule is CS(=O)(=O)CCCn1c(=O)c(-c2cccc(F)c2Cl)cn(CC(=O)Nc2ccc3c(c2)C[C@@]2(C3)C(=O)Cc3ncccc32)c1=O. The molecule has 45 heavy (non-hydrogen) atoms. The summed E-state index contributed by atoms with van der Waals surface area (Å²) in [7, 11) is -3.37. The first-order valence-corrected chi connectivity index (χ1v) is 16.7. The lowest BCUT2D eigenvalue weighted by Gasteiger charge is -2.22. The van der Waals surface area contributed by atoms with E-state index in [1.807, 2.05) is 24.3 Å². The number of amides is 1. The summed E-state index contributed by atoms with van der Waals surface area (Å²) in [6.07, 6.45) is 5.18. The Kier molecular flexibility index (Phi) is 7.82. The molecular formula is C32H28ClFN4O6S. The molecular weight excluding hydrogens is 623 g/mol. The lowest BCUT2D eigenvalue weighted by molar-refractivity contribution is -0.122. The first-order valence-electron chi connectivity index (χ1n) is 14.2. The van der Waals surface area contributed by atoms with Gasteiger partial charge < -0.3 is 5.32 Å². The van der Waals surface area contributed by atoms with Gasteiger partial charge in [-0.3, -0.25) is 28.5 Å². The van der Waals surface area contributed by atoms with E-state index in [1.54, 1.807) is 12.3 Å². The highest BCUT2D eigenvalue weighted by Gasteiger charge is 2.50. The molecule has 1 amide bonds. The van der Waals surface area contributed by atoms with E-state index >= 15 is 0 Å². The number of aromatic nitrogens is 3. The predicted molar refractivity (Wildman–Crippen MR) is 167 cm³/mol. The number of sulfone groups is 1. The Labute approximate surface area is 262 Å². The van der Waals surface area contributed by atoms with Gasteiger partial charge in [-0.1, -0.05) is 35.9 Å². The standard InChI is InChI=1S/C32H28ClFN4O6S/c1-45(43,44)12-4-11-38-30(41)23(22-5-2-7-25(34)29(22)33)17-37(31(38)42)18-28(40)36-21-9-8-19-15-32(16-20(19)13-21)24-6-3-10-35-26(24)14-27(32)39/h2-3,5-10,13,17H,4,11-12,14-16,18H2,1H3,(H,36,40)/t32-/m1/s1. The van der Waals surface area contributed by atoms with Crippen molar-refractivity contribution in [2.75, 3.05) is 17.3 Å². The van der Waals surface area contributed by atoms with Gasteiger partial charge in [0.25, 0.3) is 5.56 Å². The van der Waals surface area contributed by atoms with Crippen molar-refractivity contribution in [1.82, 2.24) is 14.1 Å². The van der Waals surface area contributed by atoms with E-state index in [0.29, 0.717) is 24.9 Å². The molecule has 0 saturated heterocycles. The van der Waals surface area contributed by atoms with Gasteiger partial charge >= 0.3 is 5.69 Å². The van der Waals surface area contributed by atoms with Crippen LogP contribution < -0.4 is 16.6 Å². The highest BCUT2D eigenvalue weighted by atomic mass is 35.5. The van der Waals surface area contributed by atoms with E-state index < -0.39 is 44.8 Å². The van der Waals surface area contributed by atoms with Crippen LogP contribution in [0.5, 0.6) is 0 Å². The van der Waals surface area contributed by atoms with Crippen molar-refractivity contribution in [3.63, 3.8) is 0 Å². The Morgan fingerprint density at radius 3 is 2.62 bits per heavy atom. The molecule has 0 unspecified atom stereocenters. The molecule has 13 heteroatoms. The van der Waals surface area contributed by atoms with Crippen LogP contribution >= 0.6 is 11.6 Å². The van der Waals surface area contributed by atoms with Crippen molar-refractivity contribution >= 4 is 38.8 Å². The third-order valence-electron chi connectivity index (χ3n) is 8.43. The van der Waals surface area contributed by atoms with Crippen LogP contribution in [-0.2, 0) is 57.2 Å². The maximum atomic E-state index is 14.3. The Balaban J connectivity index is 1.27. The summed E-state index contributed by atoms with van der Waals surface area (Å²) < 4.78 is 39.4. The number of Topliss-reactive ketones (excluding diaryl/α,β-unsaturated/α-hetero) is 1. The van der Waals surface area contributed by atoms with E-state index in [2.05, 4.69) is 10.3 Å². The lowest BCUT2D eigenvalue weighted by atomic mass is 9.78. The summed E-state index contributed by atoms with van der Waals surface area (Å²) in [6.45, 7) is -0.735. The zero-order chi connectivity index (χ0) is 32.1. The highest BCUT2D eigenvalue weighted by molar-refractivity contribution is 7.90. The van der Waals surface area contributed by atoms with Crippen molar-refractivity contribution in [3.05, 3.63) is 115 Å². The molecule has 10 nitrogen and oxygen atoms in total. The first kappa shape index (κ1) is 30.6. The Hall–Kier alpha value is -4.42. The largest absolute Gasteiger partial charge is 0.331 e. The summed E-state index contributed by atoms with van der Waals surface area (Å²) in [6, 6.07) is 13.1. The fraction of sp³-hybridized carbons (Fsp3) is 0.281. The number of anilines is 1. The lowest BCUT2D eigenvalue weighted by Crippen LogP contribution is -2.42. The second-order valence-corrected chi connectivity index (χ2v) is 14.2. The van der Waals surface area contributed by atoms with Crippen LogP contribution in [0.3, 0.4) is 0 Å². The highest BCUT2D eigenvalue weighted by Crippen LogP contribution is 2.46. The summed E-state index contributed by atoms with van der Waals surface area (Å²) in [5.74, 6) is -1.49. The van der Waals surface area contributed by atoms with Gasteiger partial charge in [-0.15, -0.1) is 0 Å². The van der Waals surface area contributed by atoms with E-state index in [4.69, 9.17) is 11.6 Å². The van der Waals surface area contributed by atoms with Gasteiger partial charge in [0.05, 0.1) is 27.4 Å². The molecule has 0 fully saturated rings. The maximum Gasteiger partial charge on any atom is 0.331 e. The molecule has 1 N–H and O–H groups in total. The predicted octanol–water partition coefficient (Wildman–Crippen LogP) is 3.10. The normalized spacial score (nSPS) is 17.0. The minimum Gasteiger partial charge on any atom is -0.325 e. The van der Waals surface area contributed by atoms with Crippen molar-refractivity contribution in [3.8, 4) is 11.1 Å². The number of ketones is 1. The first-order chi connectivity index (χ1) is 21.4. The molecule has 0 saturated carbocycles. The van der Waals surface area contributed by atoms with Crippen LogP contribution in [0.15, 0.2) is 70.5 Å². The zero-order valence-corrected chi connectivity index (χ0v) is 25.8. The molecule has 2 aromatic carbocycles. The van der Waals surface area contributed by atoms with Gasteiger partial charge in [-0.25, -0.2) is 17.6 Å². The Morgan fingerprint density at radius 1 is 1.07 bits per heavy atom. The summed E-state index contributed by atoms with van der Waals surface area (Å²) in [4.78, 5) is 57.4. The fourth-order valence-corrected chi connectivity index (χ4v) is 7.21. The number of nitrogens with one attached hydrogen (secondary N) is 1. The molecule has 2 heterocycles. The number of carbonyl (C=O) groups is 2. The fourth-order valence-electron chi connectivity index (χ4n) is 6.33. The van der Waals surface area contributed by atoms with Gasteiger partial charge in [0.1, 0.15) is 28.0 Å². The minimum atomic E-state index is -3.37. The number of hydrogen-bond donors (Lipinski definition) is 1. The van der Waals surface area contributed by atoms with Gasteiger partial charge in [-0.05, 0) is 60.2 Å². The topological polar surface area (TPSA) is 137 Å². The maximum absolute atomic E-state index is 14.3. The summed E-state index contributed by atoms with van der Waals surface area (Å²) in [5.41, 5.74) is 1.76. The quantitative estimate of drug-likeness (QED) is 0.309. The smallest absolute Gasteiger partial charge is 0.325 e. The number of benzene rings is 2. The van der Waals surface area contributed by atoms with Gasteiger partial charge in [-0.2, -0.15) is 0 Å². The van der Waals surface area contributed by atoms with E-state index in [0.717, 1.165) is 50.0 Å². The van der Waals surface area contributed by atoms with Crippen molar-refractivity contribution < 1.29 is 22.4 Å². The van der Waals surface area contributed by atoms with Gasteiger partial charge in [0.2, 0.25) is 5.91 Å². The van der Waals surface area contributed by atoms with Crippen LogP contribution in [0.1, 0.15) is 28.8 Å². The number of fused-ring (bicyclic) bond motifs is 3. The van der Waals surface area contributed by atoms with E-state index in [1.165, 1.54) is 12.1 Å². The van der Waals surface area contributed by atoms with E-state index in [9.17, 15) is 32.0 Å². The Bertz CT molecular complexity index is 2130. The van der Waals surface area contributed by atoms with Crippen LogP contribution in [0.25, 0.3) is 11.1 Å². The average Bonchev–Trinajstić information content (AvgIpc) is 3.50. The summed E-state index contributed by atoms with van der Waals surface area (Å²) in [5, 5.41) is 2.45. The third-order valence-corrected chi connectivity index (χ3v) is 9.85. The van der Waals surface area contributed by atoms with Crippen molar-refractivity contribution in [2.45, 2.75) is 44.2 Å². The number of carbonyl (C=O) groups excluding carboxylic acids is 2. The number of nitrogens with zero attached hydrogens (tertiary/aromatic N) is 3. The van der Waals surface area contributed by atoms with Crippen LogP contribution in [0, 0.1) is 5.82 Å². The molecule has 4 aromatic rings. The molecule has 0 aliphatic heterocycles. The number of rotatable bonds is 8. The molecule has 6 rings (SSSR count). The molecule has 0 radical (unpaired) electrons. The number of hydrogen-bond acceptors (Lipinski definition) is 7. The third kappa shape index (κ3) is 5.75. The van der Waals surface area contributed by atoms with Crippen molar-refractivity contribution in [2.24, 2.45) is 0 Å². The van der Waals surface area contributed by atoms with Crippen LogP contribution in [-0.4, -0.2) is 46.2 Å². The zero-order valence-electron chi connectivity index (χ0n) is 24.2. The number of pyridine rings is 1. The second-order valence-electron chi connectivity index (χ2n) is 11.6.